The Morgan fingerprint density at radius 3 is 0.440 bits per heavy atom. The van der Waals surface area contributed by atoms with E-state index in [1.807, 2.05) is 0 Å². The molecule has 0 aliphatic carbocycles. The fraction of sp³-hybridized carbons (Fsp3) is 0.328. The number of hydrogen-bond acceptors (Lipinski definition) is 19. The van der Waals surface area contributed by atoms with E-state index < -0.39 is 51.0 Å². The van der Waals surface area contributed by atoms with Gasteiger partial charge < -0.3 is 55.9 Å². The number of aromatic nitrogens is 8. The summed E-state index contributed by atoms with van der Waals surface area (Å²) in [5.41, 5.74) is -9.20. The van der Waals surface area contributed by atoms with Gasteiger partial charge in [0.25, 0.3) is 0 Å². The number of rotatable bonds is 16. The number of hydrogen-bond donors (Lipinski definition) is 0. The van der Waals surface area contributed by atoms with Gasteiger partial charge >= 0.3 is 68.3 Å². The summed E-state index contributed by atoms with van der Waals surface area (Å²) in [5, 5.41) is 117. The molecule has 0 amide bonds. The second kappa shape index (κ2) is 35.0. The zero-order valence-electron chi connectivity index (χ0n) is 47.4. The van der Waals surface area contributed by atoms with Crippen molar-refractivity contribution in [3.8, 4) is 0 Å². The Kier molecular flexibility index (Phi) is 32.6. The van der Waals surface area contributed by atoms with Gasteiger partial charge in [0.1, 0.15) is 0 Å². The fourth-order valence-corrected chi connectivity index (χ4v) is 8.70. The third-order valence-electron chi connectivity index (χ3n) is 12.4. The topological polar surface area (TPSA) is 351 Å². The van der Waals surface area contributed by atoms with Gasteiger partial charge in [0.05, 0.1) is 0 Å². The smallest absolute Gasteiger partial charge is 0.845 e. The fourth-order valence-electron chi connectivity index (χ4n) is 8.70. The van der Waals surface area contributed by atoms with E-state index in [-0.39, 0.29) is 94.0 Å². The molecule has 0 aromatic carbocycles. The van der Waals surface area contributed by atoms with E-state index in [1.165, 1.54) is 55.4 Å². The molecule has 0 bridgehead atoms. The molecule has 0 spiro atoms. The third-order valence-corrected chi connectivity index (χ3v) is 12.4. The van der Waals surface area contributed by atoms with E-state index in [2.05, 4.69) is 39.9 Å². The average Bonchev–Trinajstić information content (AvgIpc) is 3.42. The number of nitrogens with zero attached hydrogens (tertiary/aromatic N) is 8. The molecule has 0 unspecified atom stereocenters. The summed E-state index contributed by atoms with van der Waals surface area (Å²) in [6.45, 7) is 12.0. The van der Waals surface area contributed by atoms with Crippen LogP contribution in [-0.2, 0) is 113 Å². The molecule has 0 N–H and O–H groups in total. The second-order valence-corrected chi connectivity index (χ2v) is 20.5. The standard InChI is InChI=1S/4C15H16N2O2.CH2O3.4Mn/c4*1-14(18,12-7-3-5-9-16-12)11-15(2,19)13-8-4-6-10-17-13;2-1(3)4;;;;/h4*3-10H,11H2,1-2H3;(H2,2,3,4);;;;/q4*-2;;2*+2;2*+3/p-2/t4*14-,15+;;;;;. The third kappa shape index (κ3) is 25.4. The minimum atomic E-state index is -2.33. The molecule has 0 aliphatic heterocycles. The minimum absolute atomic E-state index is 0. The molecule has 23 heteroatoms. The SMILES string of the molecule is C[C@]([O-])(C[C@@](C)([O-])c1ccccn1)c1ccccn1.C[C@]([O-])(C[C@@](C)([O-])c1ccccn1)c1ccccn1.C[C@]([O-])(C[C@@](C)([O-])c1ccccn1)c1ccccn1.C[C@]([O-])(C[C@@](C)([O-])c1ccccn1)c1ccccn1.O=C([O-])[O-].[Mn+2].[Mn+2].[Mn+3].[Mn+3]. The van der Waals surface area contributed by atoms with Crippen LogP contribution in [0.25, 0.3) is 0 Å². The van der Waals surface area contributed by atoms with Crippen LogP contribution >= 0.6 is 0 Å². The van der Waals surface area contributed by atoms with Crippen molar-refractivity contribution in [1.82, 2.24) is 39.9 Å². The first-order chi connectivity index (χ1) is 37.4. The van der Waals surface area contributed by atoms with Crippen LogP contribution in [0, 0.1) is 0 Å². The van der Waals surface area contributed by atoms with Crippen molar-refractivity contribution < 1.29 is 124 Å². The molecule has 0 saturated heterocycles. The predicted octanol–water partition coefficient (Wildman–Crippen LogP) is 0.415. The van der Waals surface area contributed by atoms with Crippen LogP contribution in [0.15, 0.2) is 195 Å². The quantitative estimate of drug-likeness (QED) is 0.118. The Bertz CT molecular complexity index is 2440. The molecule has 84 heavy (non-hydrogen) atoms. The van der Waals surface area contributed by atoms with Crippen LogP contribution in [0.1, 0.15) is 127 Å². The van der Waals surface area contributed by atoms with Gasteiger partial charge in [0, 0.05) is 95.1 Å². The largest absolute Gasteiger partial charge is 3.00 e. The van der Waals surface area contributed by atoms with Crippen molar-refractivity contribution in [2.75, 3.05) is 0 Å². The Balaban J connectivity index is 0.00000105. The molecule has 8 atom stereocenters. The van der Waals surface area contributed by atoms with Crippen molar-refractivity contribution >= 4 is 6.16 Å². The van der Waals surface area contributed by atoms with Crippen molar-refractivity contribution in [1.29, 1.82) is 0 Å². The van der Waals surface area contributed by atoms with Crippen LogP contribution < -0.4 is 51.1 Å². The van der Waals surface area contributed by atoms with Crippen molar-refractivity contribution in [2.24, 2.45) is 0 Å². The van der Waals surface area contributed by atoms with E-state index in [0.29, 0.717) is 45.6 Å². The average molecular weight is 1300 g/mol. The van der Waals surface area contributed by atoms with Gasteiger partial charge in [-0.2, -0.15) is 0 Å². The number of carbonyl (C=O) groups excluding carboxylic acids is 1. The zero-order chi connectivity index (χ0) is 59.3. The number of carbonyl (C=O) groups is 1. The molecule has 8 aromatic rings. The van der Waals surface area contributed by atoms with Gasteiger partial charge in [-0.1, -0.05) is 174 Å². The molecular formula is C61H64Mn4N8O11. The molecule has 8 rings (SSSR count). The van der Waals surface area contributed by atoms with Gasteiger partial charge in [-0.05, 0) is 103 Å². The van der Waals surface area contributed by atoms with Crippen LogP contribution in [0.2, 0.25) is 0 Å². The summed E-state index contributed by atoms with van der Waals surface area (Å²) in [6.07, 6.45) is 9.77. The summed E-state index contributed by atoms with van der Waals surface area (Å²) in [5.74, 6) is 0. The zero-order valence-corrected chi connectivity index (χ0v) is 52.1. The first-order valence-electron chi connectivity index (χ1n) is 25.2. The monoisotopic (exact) mass is 1300 g/mol. The molecule has 19 nitrogen and oxygen atoms in total. The normalized spacial score (nSPS) is 16.1. The summed E-state index contributed by atoms with van der Waals surface area (Å²) in [7, 11) is 0. The van der Waals surface area contributed by atoms with Gasteiger partial charge in [-0.25, -0.2) is 0 Å². The first-order valence-corrected chi connectivity index (χ1v) is 25.2. The maximum absolute atomic E-state index is 12.6. The van der Waals surface area contributed by atoms with Gasteiger partial charge in [-0.3, -0.25) is 39.9 Å². The molecule has 0 fully saturated rings. The second-order valence-electron chi connectivity index (χ2n) is 20.5. The molecule has 2 radical (unpaired) electrons. The van der Waals surface area contributed by atoms with Crippen LogP contribution in [0.4, 0.5) is 4.79 Å². The molecule has 8 heterocycles. The number of carboxylic acid groups (broad SMARTS) is 2. The number of pyridine rings is 8. The van der Waals surface area contributed by atoms with Crippen LogP contribution in [0.3, 0.4) is 0 Å². The Hall–Kier alpha value is -5.77. The summed E-state index contributed by atoms with van der Waals surface area (Å²) < 4.78 is 0. The molecule has 442 valence electrons. The van der Waals surface area contributed by atoms with E-state index in [0.717, 1.165) is 0 Å². The Morgan fingerprint density at radius 2 is 0.369 bits per heavy atom. The van der Waals surface area contributed by atoms with E-state index >= 15 is 0 Å². The van der Waals surface area contributed by atoms with E-state index in [4.69, 9.17) is 15.0 Å². The molecule has 0 aliphatic rings. The van der Waals surface area contributed by atoms with Gasteiger partial charge in [0.15, 0.2) is 0 Å². The summed E-state index contributed by atoms with van der Waals surface area (Å²) in [6, 6.07) is 41.2. The molecule has 0 saturated carbocycles. The minimum Gasteiger partial charge on any atom is -0.845 e. The molecule has 8 aromatic heterocycles. The van der Waals surface area contributed by atoms with E-state index in [9.17, 15) is 40.9 Å². The van der Waals surface area contributed by atoms with Crippen molar-refractivity contribution in [3.63, 3.8) is 0 Å². The van der Waals surface area contributed by atoms with Crippen molar-refractivity contribution in [3.05, 3.63) is 241 Å². The molecular weight excluding hydrogens is 1240 g/mol. The Morgan fingerprint density at radius 1 is 0.274 bits per heavy atom. The van der Waals surface area contributed by atoms with E-state index in [1.54, 1.807) is 195 Å². The predicted molar refractivity (Wildman–Crippen MR) is 277 cm³/mol. The first kappa shape index (κ1) is 78.2. The van der Waals surface area contributed by atoms with Gasteiger partial charge in [-0.15, -0.1) is 0 Å². The van der Waals surface area contributed by atoms with Crippen LogP contribution in [-0.4, -0.2) is 46.0 Å². The maximum atomic E-state index is 12.6. The summed E-state index contributed by atoms with van der Waals surface area (Å²) in [4.78, 5) is 40.8. The maximum Gasteiger partial charge on any atom is 3.00 e. The van der Waals surface area contributed by atoms with Crippen molar-refractivity contribution in [2.45, 2.75) is 126 Å². The Labute approximate surface area is 533 Å². The van der Waals surface area contributed by atoms with Gasteiger partial charge in [0.2, 0.25) is 0 Å². The van der Waals surface area contributed by atoms with Crippen LogP contribution in [0.5, 0.6) is 0 Å². The summed E-state index contributed by atoms with van der Waals surface area (Å²) >= 11 is 0.